The molecule has 0 aliphatic heterocycles. The highest BCUT2D eigenvalue weighted by Crippen LogP contribution is 2.39. The van der Waals surface area contributed by atoms with E-state index in [1.807, 2.05) is 25.1 Å². The maximum absolute atomic E-state index is 5.29. The molecule has 3 rings (SSSR count). The molecule has 2 aromatic rings. The lowest BCUT2D eigenvalue weighted by Gasteiger charge is -2.16. The summed E-state index contributed by atoms with van der Waals surface area (Å²) in [6.45, 7) is 0. The predicted molar refractivity (Wildman–Crippen MR) is 99.3 cm³/mol. The number of thiocarbonyl (C=S) groups is 2. The minimum Gasteiger partial charge on any atom is -0.355 e. The molecule has 0 bridgehead atoms. The molecule has 1 aliphatic rings. The second-order valence-corrected chi connectivity index (χ2v) is 5.99. The van der Waals surface area contributed by atoms with E-state index in [9.17, 15) is 0 Å². The number of hydrogen-bond donors (Lipinski definition) is 1. The van der Waals surface area contributed by atoms with Crippen LogP contribution in [0.5, 0.6) is 0 Å². The van der Waals surface area contributed by atoms with Crippen molar-refractivity contribution < 1.29 is 0 Å². The molecule has 0 unspecified atom stereocenters. The number of nitrogens with one attached hydrogen (secondary N) is 1. The molecule has 5 heteroatoms. The minimum atomic E-state index is 0.702. The van der Waals surface area contributed by atoms with Gasteiger partial charge < -0.3 is 10.2 Å². The summed E-state index contributed by atoms with van der Waals surface area (Å²) in [4.78, 5) is 5.93. The van der Waals surface area contributed by atoms with Crippen LogP contribution in [0.3, 0.4) is 0 Å². The quantitative estimate of drug-likeness (QED) is 0.563. The molecule has 1 N–H and O–H groups in total. The summed E-state index contributed by atoms with van der Waals surface area (Å²) in [6.07, 6.45) is 0.899. The topological polar surface area (TPSA) is 27.6 Å². The molecule has 1 aliphatic carbocycles. The first-order valence-corrected chi connectivity index (χ1v) is 7.72. The molecular formula is C17H15N3S2. The highest BCUT2D eigenvalue weighted by molar-refractivity contribution is 7.80. The molecular weight excluding hydrogens is 310 g/mol. The predicted octanol–water partition coefficient (Wildman–Crippen LogP) is 4.25. The second kappa shape index (κ2) is 5.97. The molecule has 0 saturated heterocycles. The van der Waals surface area contributed by atoms with Crippen LogP contribution in [0.2, 0.25) is 0 Å². The normalized spacial score (nSPS) is 11.2. The van der Waals surface area contributed by atoms with E-state index in [0.29, 0.717) is 5.11 Å². The molecule has 0 atom stereocenters. The number of anilines is 1. The van der Waals surface area contributed by atoms with Gasteiger partial charge in [0.2, 0.25) is 0 Å². The summed E-state index contributed by atoms with van der Waals surface area (Å²) in [7, 11) is 3.85. The van der Waals surface area contributed by atoms with Gasteiger partial charge in [0.15, 0.2) is 5.11 Å². The summed E-state index contributed by atoms with van der Waals surface area (Å²) in [5.41, 5.74) is 6.98. The Bertz CT molecular complexity index is 806. The van der Waals surface area contributed by atoms with Gasteiger partial charge in [0.1, 0.15) is 0 Å². The average Bonchev–Trinajstić information content (AvgIpc) is 2.84. The third kappa shape index (κ3) is 2.79. The van der Waals surface area contributed by atoms with E-state index in [1.54, 1.807) is 0 Å². The molecule has 22 heavy (non-hydrogen) atoms. The van der Waals surface area contributed by atoms with Gasteiger partial charge in [-0.3, -0.25) is 0 Å². The highest BCUT2D eigenvalue weighted by Gasteiger charge is 2.19. The van der Waals surface area contributed by atoms with Crippen molar-refractivity contribution in [2.45, 2.75) is 6.42 Å². The van der Waals surface area contributed by atoms with Crippen molar-refractivity contribution in [1.82, 2.24) is 4.90 Å². The van der Waals surface area contributed by atoms with Crippen molar-refractivity contribution in [3.05, 3.63) is 47.5 Å². The van der Waals surface area contributed by atoms with E-state index < -0.39 is 0 Å². The van der Waals surface area contributed by atoms with Gasteiger partial charge in [-0.25, -0.2) is 0 Å². The Morgan fingerprint density at radius 3 is 2.50 bits per heavy atom. The standard InChI is InChI=1S/C17H15N3S2/c1-20(2)17(22)19-14-4-6-16-12(9-14)7-11-8-13(18-10-21)3-5-15(11)16/h3-6,8-9H,7H2,1-2H3,(H,19,22). The van der Waals surface area contributed by atoms with E-state index in [2.05, 4.69) is 58.0 Å². The van der Waals surface area contributed by atoms with Crippen molar-refractivity contribution in [2.24, 2.45) is 4.99 Å². The van der Waals surface area contributed by atoms with Crippen LogP contribution in [0.4, 0.5) is 11.4 Å². The van der Waals surface area contributed by atoms with Crippen LogP contribution in [0.25, 0.3) is 11.1 Å². The molecule has 0 radical (unpaired) electrons. The van der Waals surface area contributed by atoms with Crippen LogP contribution >= 0.6 is 24.4 Å². The van der Waals surface area contributed by atoms with Gasteiger partial charge in [0.05, 0.1) is 10.8 Å². The maximum atomic E-state index is 5.29. The lowest BCUT2D eigenvalue weighted by atomic mass is 10.1. The van der Waals surface area contributed by atoms with Gasteiger partial charge >= 0.3 is 0 Å². The van der Waals surface area contributed by atoms with Crippen LogP contribution in [0.1, 0.15) is 11.1 Å². The van der Waals surface area contributed by atoms with Crippen molar-refractivity contribution >= 4 is 46.1 Å². The SMILES string of the molecule is CN(C)C(=S)Nc1ccc2c(c1)Cc1cc(N=C=S)ccc1-2. The van der Waals surface area contributed by atoms with Crippen molar-refractivity contribution in [3.63, 3.8) is 0 Å². The summed E-state index contributed by atoms with van der Waals surface area (Å²) in [5, 5.41) is 6.36. The number of rotatable bonds is 2. The fraction of sp³-hybridized carbons (Fsp3) is 0.176. The third-order valence-corrected chi connectivity index (χ3v) is 4.26. The zero-order valence-corrected chi connectivity index (χ0v) is 14.0. The van der Waals surface area contributed by atoms with E-state index in [-0.39, 0.29) is 0 Å². The number of nitrogens with zero attached hydrogens (tertiary/aromatic N) is 2. The Hall–Kier alpha value is -2.07. The van der Waals surface area contributed by atoms with Crippen LogP contribution < -0.4 is 5.32 Å². The summed E-state index contributed by atoms with van der Waals surface area (Å²) in [6, 6.07) is 12.5. The molecule has 0 heterocycles. The summed E-state index contributed by atoms with van der Waals surface area (Å²) < 4.78 is 0. The number of isothiocyanates is 1. The first kappa shape index (κ1) is 14.9. The summed E-state index contributed by atoms with van der Waals surface area (Å²) >= 11 is 9.96. The van der Waals surface area contributed by atoms with Crippen LogP contribution in [0.15, 0.2) is 41.4 Å². The van der Waals surface area contributed by atoms with Gasteiger partial charge in [-0.2, -0.15) is 4.99 Å². The highest BCUT2D eigenvalue weighted by atomic mass is 32.1. The van der Waals surface area contributed by atoms with E-state index in [1.165, 1.54) is 22.3 Å². The second-order valence-electron chi connectivity index (χ2n) is 5.42. The molecule has 0 aromatic heterocycles. The largest absolute Gasteiger partial charge is 0.355 e. The van der Waals surface area contributed by atoms with Crippen LogP contribution in [-0.2, 0) is 6.42 Å². The minimum absolute atomic E-state index is 0.702. The Morgan fingerprint density at radius 1 is 1.14 bits per heavy atom. The lowest BCUT2D eigenvalue weighted by Crippen LogP contribution is -2.26. The Kier molecular flexibility index (Phi) is 4.03. The number of hydrogen-bond acceptors (Lipinski definition) is 3. The molecule has 0 saturated carbocycles. The Balaban J connectivity index is 1.91. The summed E-state index contributed by atoms with van der Waals surface area (Å²) in [5.74, 6) is 0. The van der Waals surface area contributed by atoms with Crippen molar-refractivity contribution in [2.75, 3.05) is 19.4 Å². The Labute approximate surface area is 140 Å². The fourth-order valence-corrected chi connectivity index (χ4v) is 2.86. The van der Waals surface area contributed by atoms with Crippen LogP contribution in [-0.4, -0.2) is 29.3 Å². The number of fused-ring (bicyclic) bond motifs is 3. The first-order chi connectivity index (χ1) is 10.6. The molecule has 110 valence electrons. The monoisotopic (exact) mass is 325 g/mol. The van der Waals surface area contributed by atoms with Gasteiger partial charge in [-0.05, 0) is 77.4 Å². The third-order valence-electron chi connectivity index (χ3n) is 3.70. The molecule has 0 spiro atoms. The van der Waals surface area contributed by atoms with Crippen LogP contribution in [0, 0.1) is 0 Å². The molecule has 0 fully saturated rings. The van der Waals surface area contributed by atoms with Crippen molar-refractivity contribution in [3.8, 4) is 11.1 Å². The Morgan fingerprint density at radius 2 is 1.82 bits per heavy atom. The van der Waals surface area contributed by atoms with Gasteiger partial charge in [-0.1, -0.05) is 12.1 Å². The van der Waals surface area contributed by atoms with E-state index in [4.69, 9.17) is 12.2 Å². The molecule has 0 amide bonds. The van der Waals surface area contributed by atoms with Gasteiger partial charge in [0.25, 0.3) is 0 Å². The zero-order chi connectivity index (χ0) is 15.7. The van der Waals surface area contributed by atoms with Crippen molar-refractivity contribution in [1.29, 1.82) is 0 Å². The van der Waals surface area contributed by atoms with E-state index in [0.717, 1.165) is 17.8 Å². The van der Waals surface area contributed by atoms with Gasteiger partial charge in [0, 0.05) is 19.8 Å². The zero-order valence-electron chi connectivity index (χ0n) is 12.4. The molecule has 2 aromatic carbocycles. The first-order valence-electron chi connectivity index (χ1n) is 6.91. The smallest absolute Gasteiger partial charge is 0.172 e. The molecule has 3 nitrogen and oxygen atoms in total. The number of aliphatic imine (C=N–C) groups is 1. The fourth-order valence-electron chi connectivity index (χ4n) is 2.63. The van der Waals surface area contributed by atoms with Gasteiger partial charge in [-0.15, -0.1) is 0 Å². The average molecular weight is 325 g/mol. The maximum Gasteiger partial charge on any atom is 0.172 e. The lowest BCUT2D eigenvalue weighted by molar-refractivity contribution is 0.634. The van der Waals surface area contributed by atoms with E-state index >= 15 is 0 Å². The number of benzene rings is 2.